The maximum Gasteiger partial charge on any atom is 0.337 e. The first-order valence-corrected chi connectivity index (χ1v) is 6.47. The van der Waals surface area contributed by atoms with Crippen LogP contribution in [-0.2, 0) is 16.0 Å². The molecule has 1 N–H and O–H groups in total. The standard InChI is InChI=1S/C14H19NO5/c1-9-6-11(16)15(10(2)12(9)13(17)18)7-14(19-3)4-5-20-8-14/h6H,4-5,7-8H2,1-3H3,(H,17,18). The first-order chi connectivity index (χ1) is 9.40. The number of ether oxygens (including phenoxy) is 2. The number of carboxylic acid groups (broad SMARTS) is 1. The van der Waals surface area contributed by atoms with E-state index >= 15 is 0 Å². The third-order valence-corrected chi connectivity index (χ3v) is 3.93. The van der Waals surface area contributed by atoms with E-state index in [-0.39, 0.29) is 11.1 Å². The van der Waals surface area contributed by atoms with E-state index in [0.29, 0.717) is 37.4 Å². The van der Waals surface area contributed by atoms with Crippen LogP contribution in [0, 0.1) is 13.8 Å². The number of carbonyl (C=O) groups is 1. The van der Waals surface area contributed by atoms with E-state index in [1.807, 2.05) is 0 Å². The maximum absolute atomic E-state index is 12.2. The highest BCUT2D eigenvalue weighted by Gasteiger charge is 2.36. The molecule has 1 atom stereocenters. The van der Waals surface area contributed by atoms with Crippen LogP contribution in [-0.4, -0.2) is 41.6 Å². The minimum atomic E-state index is -1.03. The van der Waals surface area contributed by atoms with Crippen LogP contribution in [0.3, 0.4) is 0 Å². The Morgan fingerprint density at radius 3 is 2.75 bits per heavy atom. The van der Waals surface area contributed by atoms with Gasteiger partial charge in [-0.1, -0.05) is 0 Å². The van der Waals surface area contributed by atoms with Gasteiger partial charge in [-0.2, -0.15) is 0 Å². The zero-order valence-electron chi connectivity index (χ0n) is 11.9. The molecule has 1 aliphatic rings. The highest BCUT2D eigenvalue weighted by atomic mass is 16.5. The molecule has 0 aromatic carbocycles. The van der Waals surface area contributed by atoms with E-state index in [2.05, 4.69) is 0 Å². The lowest BCUT2D eigenvalue weighted by Crippen LogP contribution is -2.41. The van der Waals surface area contributed by atoms with Gasteiger partial charge in [-0.05, 0) is 19.4 Å². The van der Waals surface area contributed by atoms with E-state index < -0.39 is 11.6 Å². The largest absolute Gasteiger partial charge is 0.478 e. The second kappa shape index (κ2) is 5.38. The molecule has 20 heavy (non-hydrogen) atoms. The van der Waals surface area contributed by atoms with Gasteiger partial charge < -0.3 is 19.1 Å². The average molecular weight is 281 g/mol. The van der Waals surface area contributed by atoms with Gasteiger partial charge in [-0.3, -0.25) is 4.79 Å². The molecule has 2 rings (SSSR count). The number of aromatic nitrogens is 1. The molecule has 0 saturated carbocycles. The number of methoxy groups -OCH3 is 1. The number of pyridine rings is 1. The molecule has 1 aliphatic heterocycles. The molecule has 1 aromatic heterocycles. The predicted molar refractivity (Wildman–Crippen MR) is 72.3 cm³/mol. The number of aryl methyl sites for hydroxylation is 1. The molecule has 110 valence electrons. The van der Waals surface area contributed by atoms with Crippen LogP contribution in [0.25, 0.3) is 0 Å². The summed E-state index contributed by atoms with van der Waals surface area (Å²) in [5, 5.41) is 9.27. The molecule has 6 heteroatoms. The third-order valence-electron chi connectivity index (χ3n) is 3.93. The molecule has 0 amide bonds. The van der Waals surface area contributed by atoms with Gasteiger partial charge in [0.05, 0.1) is 18.7 Å². The van der Waals surface area contributed by atoms with Crippen molar-refractivity contribution in [1.29, 1.82) is 0 Å². The highest BCUT2D eigenvalue weighted by Crippen LogP contribution is 2.25. The molecule has 1 fully saturated rings. The van der Waals surface area contributed by atoms with Gasteiger partial charge in [-0.25, -0.2) is 4.79 Å². The van der Waals surface area contributed by atoms with E-state index in [9.17, 15) is 14.7 Å². The topological polar surface area (TPSA) is 77.8 Å². The van der Waals surface area contributed by atoms with Crippen LogP contribution in [0.15, 0.2) is 10.9 Å². The molecule has 6 nitrogen and oxygen atoms in total. The van der Waals surface area contributed by atoms with Gasteiger partial charge in [0.15, 0.2) is 0 Å². The summed E-state index contributed by atoms with van der Waals surface area (Å²) in [6.45, 7) is 4.57. The SMILES string of the molecule is COC1(Cn2c(C)c(C(=O)O)c(C)cc2=O)CCOC1. The molecular formula is C14H19NO5. The summed E-state index contributed by atoms with van der Waals surface area (Å²) >= 11 is 0. The lowest BCUT2D eigenvalue weighted by atomic mass is 10.0. The Labute approximate surface area is 116 Å². The van der Waals surface area contributed by atoms with Crippen molar-refractivity contribution in [3.63, 3.8) is 0 Å². The van der Waals surface area contributed by atoms with Gasteiger partial charge in [-0.15, -0.1) is 0 Å². The van der Waals surface area contributed by atoms with E-state index in [1.54, 1.807) is 21.0 Å². The number of carboxylic acids is 1. The van der Waals surface area contributed by atoms with E-state index in [4.69, 9.17) is 9.47 Å². The Hall–Kier alpha value is -1.66. The van der Waals surface area contributed by atoms with Crippen LogP contribution in [0.2, 0.25) is 0 Å². The molecule has 0 radical (unpaired) electrons. The van der Waals surface area contributed by atoms with Crippen LogP contribution in [0.1, 0.15) is 28.0 Å². The number of aromatic carboxylic acids is 1. The number of nitrogens with zero attached hydrogens (tertiary/aromatic N) is 1. The van der Waals surface area contributed by atoms with Crippen LogP contribution in [0.5, 0.6) is 0 Å². The quantitative estimate of drug-likeness (QED) is 0.889. The van der Waals surface area contributed by atoms with Gasteiger partial charge in [0, 0.05) is 31.9 Å². The second-order valence-corrected chi connectivity index (χ2v) is 5.21. The average Bonchev–Trinajstić information content (AvgIpc) is 2.83. The molecule has 0 spiro atoms. The fourth-order valence-corrected chi connectivity index (χ4v) is 2.67. The first kappa shape index (κ1) is 14.7. The first-order valence-electron chi connectivity index (χ1n) is 6.47. The fraction of sp³-hybridized carbons (Fsp3) is 0.571. The van der Waals surface area contributed by atoms with Crippen molar-refractivity contribution in [3.8, 4) is 0 Å². The summed E-state index contributed by atoms with van der Waals surface area (Å²) in [5.41, 5.74) is 0.332. The molecule has 0 aliphatic carbocycles. The number of hydrogen-bond acceptors (Lipinski definition) is 4. The minimum absolute atomic E-state index is 0.176. The molecule has 0 bridgehead atoms. The highest BCUT2D eigenvalue weighted by molar-refractivity contribution is 5.90. The zero-order chi connectivity index (χ0) is 14.9. The predicted octanol–water partition coefficient (Wildman–Crippen LogP) is 0.969. The molecule has 1 saturated heterocycles. The smallest absolute Gasteiger partial charge is 0.337 e. The van der Waals surface area contributed by atoms with Crippen molar-refractivity contribution in [2.45, 2.75) is 32.4 Å². The Kier molecular flexibility index (Phi) is 3.96. The summed E-state index contributed by atoms with van der Waals surface area (Å²) < 4.78 is 12.3. The van der Waals surface area contributed by atoms with E-state index in [1.165, 1.54) is 10.6 Å². The van der Waals surface area contributed by atoms with Crippen molar-refractivity contribution >= 4 is 5.97 Å². The lowest BCUT2D eigenvalue weighted by Gasteiger charge is -2.28. The zero-order valence-corrected chi connectivity index (χ0v) is 11.9. The fourth-order valence-electron chi connectivity index (χ4n) is 2.67. The molecular weight excluding hydrogens is 262 g/mol. The second-order valence-electron chi connectivity index (χ2n) is 5.21. The Morgan fingerprint density at radius 1 is 1.55 bits per heavy atom. The van der Waals surface area contributed by atoms with Gasteiger partial charge in [0.2, 0.25) is 0 Å². The lowest BCUT2D eigenvalue weighted by molar-refractivity contribution is -0.0305. The summed E-state index contributed by atoms with van der Waals surface area (Å²) in [5.74, 6) is -1.03. The monoisotopic (exact) mass is 281 g/mol. The summed E-state index contributed by atoms with van der Waals surface area (Å²) in [4.78, 5) is 23.5. The van der Waals surface area contributed by atoms with Crippen LogP contribution >= 0.6 is 0 Å². The summed E-state index contributed by atoms with van der Waals surface area (Å²) in [6, 6.07) is 1.36. The van der Waals surface area contributed by atoms with Gasteiger partial charge in [0.1, 0.15) is 5.60 Å². The van der Waals surface area contributed by atoms with Crippen LogP contribution in [0.4, 0.5) is 0 Å². The van der Waals surface area contributed by atoms with E-state index in [0.717, 1.165) is 0 Å². The van der Waals surface area contributed by atoms with Crippen LogP contribution < -0.4 is 5.56 Å². The third kappa shape index (κ3) is 2.48. The molecule has 1 unspecified atom stereocenters. The van der Waals surface area contributed by atoms with Gasteiger partial charge in [0.25, 0.3) is 5.56 Å². The maximum atomic E-state index is 12.2. The number of hydrogen-bond donors (Lipinski definition) is 1. The van der Waals surface area contributed by atoms with Crippen molar-refractivity contribution in [1.82, 2.24) is 4.57 Å². The normalized spacial score (nSPS) is 22.1. The molecule has 2 heterocycles. The summed E-state index contributed by atoms with van der Waals surface area (Å²) in [6.07, 6.45) is 0.686. The van der Waals surface area contributed by atoms with Crippen molar-refractivity contribution in [2.75, 3.05) is 20.3 Å². The Morgan fingerprint density at radius 2 is 2.25 bits per heavy atom. The Bertz CT molecular complexity index is 584. The van der Waals surface area contributed by atoms with Crippen molar-refractivity contribution < 1.29 is 19.4 Å². The Balaban J connectivity index is 2.49. The van der Waals surface area contributed by atoms with Crippen molar-refractivity contribution in [2.24, 2.45) is 0 Å². The van der Waals surface area contributed by atoms with Gasteiger partial charge >= 0.3 is 5.97 Å². The number of rotatable bonds is 4. The summed E-state index contributed by atoms with van der Waals surface area (Å²) in [7, 11) is 1.58. The molecule has 1 aromatic rings. The minimum Gasteiger partial charge on any atom is -0.478 e. The van der Waals surface area contributed by atoms with Crippen molar-refractivity contribution in [3.05, 3.63) is 33.2 Å².